The summed E-state index contributed by atoms with van der Waals surface area (Å²) in [6.07, 6.45) is 5.89. The second kappa shape index (κ2) is 19.8. The number of epoxide rings is 1. The Morgan fingerprint density at radius 3 is 2.00 bits per heavy atom. The van der Waals surface area contributed by atoms with Gasteiger partial charge >= 0.3 is 0 Å². The highest BCUT2D eigenvalue weighted by Crippen LogP contribution is 2.42. The third-order valence-corrected chi connectivity index (χ3v) is 20.4. The summed E-state index contributed by atoms with van der Waals surface area (Å²) in [6, 6.07) is 21.4. The lowest BCUT2D eigenvalue weighted by Crippen LogP contribution is -2.45. The quantitative estimate of drug-likeness (QED) is 0.0603. The maximum Gasteiger partial charge on any atom is 0.192 e. The molecule has 9 heteroatoms. The molecule has 51 heavy (non-hydrogen) atoms. The number of ether oxygens (including phenoxy) is 4. The van der Waals surface area contributed by atoms with Crippen LogP contribution in [-0.2, 0) is 41.1 Å². The SMILES string of the molecule is CC[Si](CC)(CC)O[C@@H](COCc1ccccc1)C[C@H](C)C(=O)/C=C/[C@@]1(C)O[C@@H]1CC[C@@H](COCc1ccc(OC)cc1)O[Si](C)(C)C(C)(C)C. The molecular weight excluding hydrogens is 673 g/mol. The Hall–Kier alpha value is -2.12. The van der Waals surface area contributed by atoms with Crippen LogP contribution in [0.1, 0.15) is 85.8 Å². The first kappa shape index (κ1) is 43.3. The molecule has 0 radical (unpaired) electrons. The summed E-state index contributed by atoms with van der Waals surface area (Å²) in [7, 11) is -2.23. The first-order valence-electron chi connectivity index (χ1n) is 19.2. The van der Waals surface area contributed by atoms with Gasteiger partial charge in [-0.3, -0.25) is 4.79 Å². The van der Waals surface area contributed by atoms with Crippen LogP contribution in [-0.4, -0.2) is 66.7 Å². The first-order valence-corrected chi connectivity index (χ1v) is 24.6. The predicted molar refractivity (Wildman–Crippen MR) is 213 cm³/mol. The molecule has 2 aromatic rings. The van der Waals surface area contributed by atoms with Crippen molar-refractivity contribution in [1.29, 1.82) is 0 Å². The standard InChI is InChI=1S/C42H68O7Si2/c1-12-51(13-2,14-3)49-38(32-46-29-34-18-16-15-17-19-34)28-33(4)39(43)26-27-42(8)40(47-42)25-24-37(48-50(10,11)41(5,6)7)31-45-30-35-20-22-36(44-9)23-21-35/h15-23,26-27,33,37-38,40H,12-14,24-25,28-32H2,1-11H3/b27-26+/t33-,37-,38+,40+,42+/m0/s1. The van der Waals surface area contributed by atoms with Crippen LogP contribution >= 0.6 is 0 Å². The Kier molecular flexibility index (Phi) is 16.8. The fraction of sp³-hybridized carbons (Fsp3) is 0.643. The van der Waals surface area contributed by atoms with E-state index in [0.717, 1.165) is 47.9 Å². The Labute approximate surface area is 312 Å². The zero-order chi connectivity index (χ0) is 37.7. The third kappa shape index (κ3) is 13.7. The molecule has 0 spiro atoms. The van der Waals surface area contributed by atoms with Crippen LogP contribution < -0.4 is 4.74 Å². The molecule has 3 rings (SSSR count). The smallest absolute Gasteiger partial charge is 0.192 e. The van der Waals surface area contributed by atoms with Crippen LogP contribution in [0.5, 0.6) is 5.75 Å². The molecule has 0 saturated carbocycles. The molecule has 0 bridgehead atoms. The van der Waals surface area contributed by atoms with Crippen LogP contribution in [0.2, 0.25) is 36.3 Å². The van der Waals surface area contributed by atoms with Gasteiger partial charge in [0.15, 0.2) is 22.4 Å². The van der Waals surface area contributed by atoms with E-state index in [-0.39, 0.29) is 35.1 Å². The van der Waals surface area contributed by atoms with E-state index in [0.29, 0.717) is 32.8 Å². The second-order valence-corrected chi connectivity index (χ2v) is 25.6. The molecular formula is C42H68O7Si2. The number of hydrogen-bond acceptors (Lipinski definition) is 7. The second-order valence-electron chi connectivity index (χ2n) is 16.1. The average molecular weight is 741 g/mol. The summed E-state index contributed by atoms with van der Waals surface area (Å²) in [5, 5.41) is 0.0942. The fourth-order valence-electron chi connectivity index (χ4n) is 6.21. The van der Waals surface area contributed by atoms with Crippen LogP contribution in [0.3, 0.4) is 0 Å². The van der Waals surface area contributed by atoms with Gasteiger partial charge in [-0.05, 0) is 97.9 Å². The van der Waals surface area contributed by atoms with E-state index in [9.17, 15) is 4.79 Å². The van der Waals surface area contributed by atoms with Gasteiger partial charge < -0.3 is 27.8 Å². The fourth-order valence-corrected chi connectivity index (χ4v) is 10.5. The summed E-state index contributed by atoms with van der Waals surface area (Å²) < 4.78 is 37.6. The molecule has 286 valence electrons. The lowest BCUT2D eigenvalue weighted by molar-refractivity contribution is -0.118. The Morgan fingerprint density at radius 2 is 1.45 bits per heavy atom. The Morgan fingerprint density at radius 1 is 0.882 bits per heavy atom. The highest BCUT2D eigenvalue weighted by Gasteiger charge is 2.50. The summed E-state index contributed by atoms with van der Waals surface area (Å²) in [5.41, 5.74) is 1.79. The van der Waals surface area contributed by atoms with Crippen molar-refractivity contribution in [1.82, 2.24) is 0 Å². The summed E-state index contributed by atoms with van der Waals surface area (Å²) >= 11 is 0. The van der Waals surface area contributed by atoms with E-state index >= 15 is 0 Å². The van der Waals surface area contributed by atoms with E-state index in [1.54, 1.807) is 13.2 Å². The number of hydrogen-bond donors (Lipinski definition) is 0. The van der Waals surface area contributed by atoms with E-state index in [1.165, 1.54) is 0 Å². The molecule has 1 aliphatic rings. The number of carbonyl (C=O) groups is 1. The molecule has 1 fully saturated rings. The lowest BCUT2D eigenvalue weighted by atomic mass is 9.96. The predicted octanol–water partition coefficient (Wildman–Crippen LogP) is 10.3. The van der Waals surface area contributed by atoms with Crippen LogP contribution in [0.25, 0.3) is 0 Å². The van der Waals surface area contributed by atoms with Gasteiger partial charge in [-0.2, -0.15) is 0 Å². The highest BCUT2D eigenvalue weighted by atomic mass is 28.4. The van der Waals surface area contributed by atoms with Crippen molar-refractivity contribution in [3.8, 4) is 5.75 Å². The van der Waals surface area contributed by atoms with Crippen molar-refractivity contribution in [2.75, 3.05) is 20.3 Å². The van der Waals surface area contributed by atoms with Crippen molar-refractivity contribution in [2.24, 2.45) is 5.92 Å². The van der Waals surface area contributed by atoms with Gasteiger partial charge in [-0.1, -0.05) is 90.9 Å². The molecule has 1 aliphatic heterocycles. The maximum atomic E-state index is 13.5. The van der Waals surface area contributed by atoms with E-state index in [4.69, 9.17) is 27.8 Å². The summed E-state index contributed by atoms with van der Waals surface area (Å²) in [6.45, 7) is 24.2. The van der Waals surface area contributed by atoms with Gasteiger partial charge in [-0.15, -0.1) is 0 Å². The van der Waals surface area contributed by atoms with Crippen molar-refractivity contribution < 1.29 is 32.6 Å². The van der Waals surface area contributed by atoms with Crippen LogP contribution in [0, 0.1) is 5.92 Å². The van der Waals surface area contributed by atoms with Gasteiger partial charge in [-0.25, -0.2) is 0 Å². The average Bonchev–Trinajstić information content (AvgIpc) is 3.77. The molecule has 1 heterocycles. The number of benzene rings is 2. The number of rotatable bonds is 24. The van der Waals surface area contributed by atoms with E-state index in [2.05, 4.69) is 73.7 Å². The minimum absolute atomic E-state index is 0.0331. The maximum absolute atomic E-state index is 13.5. The van der Waals surface area contributed by atoms with Gasteiger partial charge in [0.05, 0.1) is 51.8 Å². The topological polar surface area (TPSA) is 75.8 Å². The molecule has 5 atom stereocenters. The largest absolute Gasteiger partial charge is 0.497 e. The molecule has 0 unspecified atom stereocenters. The number of ketones is 1. The van der Waals surface area contributed by atoms with Gasteiger partial charge in [0.25, 0.3) is 0 Å². The van der Waals surface area contributed by atoms with Gasteiger partial charge in [0.2, 0.25) is 0 Å². The molecule has 7 nitrogen and oxygen atoms in total. The monoisotopic (exact) mass is 740 g/mol. The molecule has 1 saturated heterocycles. The number of carbonyl (C=O) groups excluding carboxylic acids is 1. The minimum Gasteiger partial charge on any atom is -0.497 e. The normalized spacial score (nSPS) is 19.9. The zero-order valence-electron chi connectivity index (χ0n) is 33.6. The van der Waals surface area contributed by atoms with Crippen LogP contribution in [0.4, 0.5) is 0 Å². The summed E-state index contributed by atoms with van der Waals surface area (Å²) in [4.78, 5) is 13.5. The lowest BCUT2D eigenvalue weighted by Gasteiger charge is -2.39. The van der Waals surface area contributed by atoms with Crippen molar-refractivity contribution >= 4 is 22.4 Å². The van der Waals surface area contributed by atoms with Crippen LogP contribution in [0.15, 0.2) is 66.7 Å². The van der Waals surface area contributed by atoms with Gasteiger partial charge in [0, 0.05) is 5.92 Å². The third-order valence-electron chi connectivity index (χ3n) is 11.2. The van der Waals surface area contributed by atoms with E-state index in [1.807, 2.05) is 55.5 Å². The highest BCUT2D eigenvalue weighted by molar-refractivity contribution is 6.74. The number of methoxy groups -OCH3 is 1. The van der Waals surface area contributed by atoms with Gasteiger partial charge in [0.1, 0.15) is 11.4 Å². The Balaban J connectivity index is 1.57. The molecule has 0 amide bonds. The van der Waals surface area contributed by atoms with Crippen molar-refractivity contribution in [3.05, 3.63) is 77.9 Å². The number of allylic oxidation sites excluding steroid dienone is 1. The minimum atomic E-state index is -2.01. The molecule has 0 aromatic heterocycles. The van der Waals surface area contributed by atoms with Crippen molar-refractivity contribution in [3.63, 3.8) is 0 Å². The first-order chi connectivity index (χ1) is 24.1. The van der Waals surface area contributed by atoms with Crippen molar-refractivity contribution in [2.45, 2.75) is 148 Å². The van der Waals surface area contributed by atoms with E-state index < -0.39 is 22.2 Å². The molecule has 0 N–H and O–H groups in total. The molecule has 2 aromatic carbocycles. The summed E-state index contributed by atoms with van der Waals surface area (Å²) in [5.74, 6) is 0.751. The molecule has 0 aliphatic carbocycles. The zero-order valence-corrected chi connectivity index (χ0v) is 35.6. The Bertz CT molecular complexity index is 1330.